The van der Waals surface area contributed by atoms with Gasteiger partial charge >= 0.3 is 12.1 Å². The summed E-state index contributed by atoms with van der Waals surface area (Å²) in [6.07, 6.45) is 0.750. The number of rotatable bonds is 1. The van der Waals surface area contributed by atoms with Crippen LogP contribution in [0.1, 0.15) is 0 Å². The third-order valence-electron chi connectivity index (χ3n) is 0.457. The number of imide groups is 1. The Hall–Kier alpha value is -1.79. The van der Waals surface area contributed by atoms with Gasteiger partial charge in [0.15, 0.2) is 0 Å². The molecule has 7 heteroatoms. The van der Waals surface area contributed by atoms with Crippen LogP contribution in [0.3, 0.4) is 0 Å². The first-order chi connectivity index (χ1) is 5.40. The molecule has 0 aromatic heterocycles. The fourth-order valence-electron chi connectivity index (χ4n) is 0.121. The zero-order valence-corrected chi connectivity index (χ0v) is 6.90. The minimum Gasteiger partial charge on any atom is -0.351 e. The van der Waals surface area contributed by atoms with Crippen LogP contribution < -0.4 is 16.8 Å². The van der Waals surface area contributed by atoms with Crippen LogP contribution in [0.15, 0.2) is 0 Å². The van der Waals surface area contributed by atoms with E-state index < -0.39 is 12.1 Å². The second-order valence-corrected chi connectivity index (χ2v) is 1.92. The van der Waals surface area contributed by atoms with Crippen molar-refractivity contribution in [3.8, 4) is 0 Å². The van der Waals surface area contributed by atoms with Crippen molar-refractivity contribution in [2.24, 2.45) is 11.5 Å². The van der Waals surface area contributed by atoms with Crippen molar-refractivity contribution in [2.75, 3.05) is 14.1 Å². The molecule has 0 heterocycles. The molecule has 0 aliphatic rings. The molecule has 5 N–H and O–H groups in total. The first-order valence-electron chi connectivity index (χ1n) is 2.87. The molecule has 0 spiro atoms. The topological polar surface area (TPSA) is 119 Å². The minimum atomic E-state index is -0.938. The molecular formula is C5H12N4O3. The van der Waals surface area contributed by atoms with E-state index in [-0.39, 0.29) is 0 Å². The average molecular weight is 176 g/mol. The van der Waals surface area contributed by atoms with Gasteiger partial charge in [-0.25, -0.2) is 9.59 Å². The lowest BCUT2D eigenvalue weighted by molar-refractivity contribution is -0.115. The predicted octanol–water partition coefficient (Wildman–Crippen LogP) is -1.56. The highest BCUT2D eigenvalue weighted by Crippen LogP contribution is 1.52. The number of nitrogens with zero attached hydrogens (tertiary/aromatic N) is 1. The van der Waals surface area contributed by atoms with E-state index in [0.717, 1.165) is 6.41 Å². The molecule has 0 atom stereocenters. The smallest absolute Gasteiger partial charge is 0.320 e. The quantitative estimate of drug-likeness (QED) is 0.419. The summed E-state index contributed by atoms with van der Waals surface area (Å²) in [5.74, 6) is 0. The van der Waals surface area contributed by atoms with E-state index in [2.05, 4.69) is 11.5 Å². The summed E-state index contributed by atoms with van der Waals surface area (Å²) in [6, 6.07) is -1.88. The highest BCUT2D eigenvalue weighted by atomic mass is 16.2. The molecule has 70 valence electrons. The van der Waals surface area contributed by atoms with Gasteiger partial charge in [0, 0.05) is 14.1 Å². The van der Waals surface area contributed by atoms with Gasteiger partial charge in [-0.1, -0.05) is 0 Å². The van der Waals surface area contributed by atoms with Crippen LogP contribution in [0, 0.1) is 0 Å². The van der Waals surface area contributed by atoms with Crippen molar-refractivity contribution in [1.82, 2.24) is 10.2 Å². The van der Waals surface area contributed by atoms with Gasteiger partial charge < -0.3 is 16.4 Å². The van der Waals surface area contributed by atoms with Gasteiger partial charge in [0.1, 0.15) is 0 Å². The fraction of sp³-hybridized carbons (Fsp3) is 0.400. The van der Waals surface area contributed by atoms with Crippen molar-refractivity contribution in [2.45, 2.75) is 0 Å². The van der Waals surface area contributed by atoms with Crippen molar-refractivity contribution >= 4 is 18.5 Å². The number of nitrogens with two attached hydrogens (primary N) is 2. The van der Waals surface area contributed by atoms with Crippen molar-refractivity contribution < 1.29 is 14.4 Å². The van der Waals surface area contributed by atoms with E-state index in [9.17, 15) is 14.4 Å². The first-order valence-corrected chi connectivity index (χ1v) is 2.87. The van der Waals surface area contributed by atoms with Gasteiger partial charge in [0.2, 0.25) is 6.41 Å². The molecule has 0 saturated carbocycles. The molecular weight excluding hydrogens is 164 g/mol. The van der Waals surface area contributed by atoms with E-state index in [4.69, 9.17) is 0 Å². The predicted molar refractivity (Wildman–Crippen MR) is 42.1 cm³/mol. The molecule has 0 fully saturated rings. The summed E-state index contributed by atoms with van der Waals surface area (Å²) in [5, 5.41) is 1.58. The maximum absolute atomic E-state index is 9.62. The monoisotopic (exact) mass is 176 g/mol. The van der Waals surface area contributed by atoms with Gasteiger partial charge in [-0.05, 0) is 0 Å². The maximum Gasteiger partial charge on any atom is 0.320 e. The Bertz CT molecular complexity index is 156. The summed E-state index contributed by atoms with van der Waals surface area (Å²) in [6.45, 7) is 0. The number of hydrogen-bond acceptors (Lipinski definition) is 3. The van der Waals surface area contributed by atoms with Crippen LogP contribution in [0.4, 0.5) is 9.59 Å². The lowest BCUT2D eigenvalue weighted by Gasteiger charge is -1.93. The van der Waals surface area contributed by atoms with Gasteiger partial charge in [0.25, 0.3) is 0 Å². The van der Waals surface area contributed by atoms with Crippen LogP contribution >= 0.6 is 0 Å². The second kappa shape index (κ2) is 7.32. The normalized spacial score (nSPS) is 7.17. The number of primary amides is 2. The van der Waals surface area contributed by atoms with Gasteiger partial charge in [-0.2, -0.15) is 0 Å². The molecule has 0 unspecified atom stereocenters. The Morgan fingerprint density at radius 2 is 1.50 bits per heavy atom. The molecule has 0 aromatic rings. The van der Waals surface area contributed by atoms with Crippen LogP contribution in [0.5, 0.6) is 0 Å². The molecule has 12 heavy (non-hydrogen) atoms. The zero-order chi connectivity index (χ0) is 10.1. The molecule has 7 nitrogen and oxygen atoms in total. The van der Waals surface area contributed by atoms with Crippen LogP contribution in [-0.2, 0) is 4.79 Å². The molecule has 0 radical (unpaired) electrons. The lowest BCUT2D eigenvalue weighted by Crippen LogP contribution is -2.38. The molecule has 0 aromatic carbocycles. The number of amides is 5. The summed E-state index contributed by atoms with van der Waals surface area (Å²) >= 11 is 0. The third kappa shape index (κ3) is 24.1. The molecule has 0 aliphatic heterocycles. The Balaban J connectivity index is 0. The Morgan fingerprint density at radius 1 is 1.25 bits per heavy atom. The van der Waals surface area contributed by atoms with Crippen LogP contribution in [-0.4, -0.2) is 37.5 Å². The summed E-state index contributed by atoms with van der Waals surface area (Å²) < 4.78 is 0. The van der Waals surface area contributed by atoms with Crippen LogP contribution in [0.25, 0.3) is 0 Å². The highest BCUT2D eigenvalue weighted by Gasteiger charge is 1.92. The molecule has 5 amide bonds. The molecule has 0 saturated heterocycles. The number of nitrogens with one attached hydrogen (secondary N) is 1. The maximum atomic E-state index is 9.62. The summed E-state index contributed by atoms with van der Waals surface area (Å²) in [7, 11) is 3.38. The molecule has 0 aliphatic carbocycles. The van der Waals surface area contributed by atoms with Crippen molar-refractivity contribution in [1.29, 1.82) is 0 Å². The Morgan fingerprint density at radius 3 is 1.50 bits per heavy atom. The fourth-order valence-corrected chi connectivity index (χ4v) is 0.121. The van der Waals surface area contributed by atoms with Gasteiger partial charge in [-0.15, -0.1) is 0 Å². The number of carbonyl (C=O) groups is 3. The first kappa shape index (κ1) is 12.8. The highest BCUT2D eigenvalue weighted by molar-refractivity contribution is 5.91. The molecule has 0 bridgehead atoms. The third-order valence-corrected chi connectivity index (χ3v) is 0.457. The van der Waals surface area contributed by atoms with Crippen LogP contribution in [0.2, 0.25) is 0 Å². The lowest BCUT2D eigenvalue weighted by atomic mass is 10.9. The number of hydrogen-bond donors (Lipinski definition) is 3. The average Bonchev–Trinajstić information content (AvgIpc) is 1.85. The van der Waals surface area contributed by atoms with E-state index >= 15 is 0 Å². The standard InChI is InChI=1S/C3H7NO.C2H5N3O2/c1-4(2)3-5;3-1(6)5-2(4)7/h3H,1-2H3;(H5,3,4,5,6,7). The summed E-state index contributed by atoms with van der Waals surface area (Å²) in [5.41, 5.74) is 8.88. The SMILES string of the molecule is CN(C)C=O.NC(=O)NC(N)=O. The molecule has 0 rings (SSSR count). The Kier molecular flexibility index (Phi) is 7.84. The van der Waals surface area contributed by atoms with Crippen molar-refractivity contribution in [3.63, 3.8) is 0 Å². The van der Waals surface area contributed by atoms with Gasteiger partial charge in [-0.3, -0.25) is 10.1 Å². The van der Waals surface area contributed by atoms with E-state index in [1.165, 1.54) is 4.90 Å². The summed E-state index contributed by atoms with van der Waals surface area (Å²) in [4.78, 5) is 30.1. The zero-order valence-electron chi connectivity index (χ0n) is 6.90. The van der Waals surface area contributed by atoms with E-state index in [0.29, 0.717) is 0 Å². The second-order valence-electron chi connectivity index (χ2n) is 1.92. The largest absolute Gasteiger partial charge is 0.351 e. The number of carbonyl (C=O) groups excluding carboxylic acids is 3. The van der Waals surface area contributed by atoms with E-state index in [1.54, 1.807) is 19.4 Å². The van der Waals surface area contributed by atoms with E-state index in [1.807, 2.05) is 0 Å². The number of urea groups is 2. The van der Waals surface area contributed by atoms with Gasteiger partial charge in [0.05, 0.1) is 0 Å². The minimum absolute atomic E-state index is 0.750. The van der Waals surface area contributed by atoms with Crippen molar-refractivity contribution in [3.05, 3.63) is 0 Å². The Labute approximate surface area is 69.7 Å².